The van der Waals surface area contributed by atoms with E-state index in [0.29, 0.717) is 35.8 Å². The molecule has 8 heteroatoms. The quantitative estimate of drug-likeness (QED) is 0.495. The molecule has 4 aliphatic carbocycles. The molecule has 2 atom stereocenters. The Hall–Kier alpha value is -2.35. The molecule has 0 radical (unpaired) electrons. The van der Waals surface area contributed by atoms with Crippen LogP contribution in [0.15, 0.2) is 12.3 Å². The fourth-order valence-electron chi connectivity index (χ4n) is 6.21. The highest BCUT2D eigenvalue weighted by Gasteiger charge is 2.55. The predicted molar refractivity (Wildman–Crippen MR) is 135 cm³/mol. The lowest BCUT2D eigenvalue weighted by molar-refractivity contribution is -0.137. The Morgan fingerprint density at radius 3 is 2.46 bits per heavy atom. The molecule has 8 nitrogen and oxygen atoms in total. The lowest BCUT2D eigenvalue weighted by atomic mass is 9.52. The van der Waals surface area contributed by atoms with E-state index >= 15 is 0 Å². The lowest BCUT2D eigenvalue weighted by Gasteiger charge is -2.58. The number of nitrogens with zero attached hydrogens (tertiary/aromatic N) is 2. The van der Waals surface area contributed by atoms with Crippen LogP contribution >= 0.6 is 0 Å². The van der Waals surface area contributed by atoms with Crippen LogP contribution in [0.3, 0.4) is 0 Å². The van der Waals surface area contributed by atoms with Crippen molar-refractivity contribution in [1.82, 2.24) is 20.4 Å². The van der Waals surface area contributed by atoms with E-state index in [2.05, 4.69) is 29.6 Å². The average Bonchev–Trinajstić information content (AvgIpc) is 3.14. The summed E-state index contributed by atoms with van der Waals surface area (Å²) >= 11 is 0. The zero-order valence-corrected chi connectivity index (χ0v) is 22.0. The molecule has 194 valence electrons. The van der Waals surface area contributed by atoms with Crippen LogP contribution in [0.4, 0.5) is 0 Å². The lowest BCUT2D eigenvalue weighted by Crippen LogP contribution is -2.61. The molecule has 2 unspecified atom stereocenters. The standard InChI is InChI=1S/C27H42N4O4/c1-16(2)15-35-25-21(14-28-31(25)8-7-26(5,6)30-23(32)17(3)4)24(33)29-22-19-9-18-10-20(22)13-27(34,11-18)12-19/h7-8,14,16-20,22,34H,9-13,15H2,1-6H3,(H,29,33)(H,30,32). The number of aliphatic hydroxyl groups is 1. The van der Waals surface area contributed by atoms with E-state index in [-0.39, 0.29) is 29.7 Å². The molecule has 3 N–H and O–H groups in total. The zero-order valence-electron chi connectivity index (χ0n) is 22.0. The number of hydrogen-bond acceptors (Lipinski definition) is 5. The summed E-state index contributed by atoms with van der Waals surface area (Å²) in [5, 5.41) is 21.6. The van der Waals surface area contributed by atoms with Crippen LogP contribution in [0.2, 0.25) is 0 Å². The molecule has 35 heavy (non-hydrogen) atoms. The third-order valence-electron chi connectivity index (χ3n) is 7.69. The normalized spacial score (nSPS) is 29.9. The van der Waals surface area contributed by atoms with Crippen LogP contribution in [0.25, 0.3) is 6.20 Å². The van der Waals surface area contributed by atoms with Crippen LogP contribution < -0.4 is 15.4 Å². The number of amides is 2. The molecule has 1 aromatic rings. The number of rotatable bonds is 9. The molecule has 4 bridgehead atoms. The summed E-state index contributed by atoms with van der Waals surface area (Å²) in [6.07, 6.45) is 9.79. The fraction of sp³-hybridized carbons (Fsp3) is 0.741. The fourth-order valence-corrected chi connectivity index (χ4v) is 6.21. The number of carbonyl (C=O) groups excluding carboxylic acids is 2. The van der Waals surface area contributed by atoms with Crippen molar-refractivity contribution in [3.05, 3.63) is 17.8 Å². The first-order valence-corrected chi connectivity index (χ1v) is 13.1. The SMILES string of the molecule is CC(C)COc1c(C(=O)NC2C3CC4CC2CC(O)(C4)C3)cnn1C=CC(C)(C)NC(=O)C(C)C. The molecule has 1 aromatic heterocycles. The van der Waals surface area contributed by atoms with E-state index in [0.717, 1.165) is 32.1 Å². The van der Waals surface area contributed by atoms with E-state index in [4.69, 9.17) is 4.74 Å². The van der Waals surface area contributed by atoms with Crippen LogP contribution in [0, 0.1) is 29.6 Å². The molecule has 0 spiro atoms. The maximum absolute atomic E-state index is 13.4. The molecule has 4 aliphatic rings. The van der Waals surface area contributed by atoms with Gasteiger partial charge in [0.25, 0.3) is 5.91 Å². The largest absolute Gasteiger partial charge is 0.477 e. The highest BCUT2D eigenvalue weighted by molar-refractivity contribution is 5.96. The third-order valence-corrected chi connectivity index (χ3v) is 7.69. The number of nitrogens with one attached hydrogen (secondary N) is 2. The number of carbonyl (C=O) groups is 2. The van der Waals surface area contributed by atoms with Gasteiger partial charge in [-0.3, -0.25) is 9.59 Å². The van der Waals surface area contributed by atoms with Gasteiger partial charge in [0.2, 0.25) is 11.8 Å². The highest BCUT2D eigenvalue weighted by Crippen LogP contribution is 2.55. The Kier molecular flexibility index (Phi) is 7.06. The number of aromatic nitrogens is 2. The van der Waals surface area contributed by atoms with Crippen molar-refractivity contribution in [2.24, 2.45) is 29.6 Å². The average molecular weight is 487 g/mol. The Balaban J connectivity index is 1.51. The topological polar surface area (TPSA) is 105 Å². The number of hydrogen-bond donors (Lipinski definition) is 3. The first kappa shape index (κ1) is 25.7. The van der Waals surface area contributed by atoms with Gasteiger partial charge >= 0.3 is 0 Å². The summed E-state index contributed by atoms with van der Waals surface area (Å²) in [5.74, 6) is 1.61. The van der Waals surface area contributed by atoms with Crippen molar-refractivity contribution in [3.63, 3.8) is 0 Å². The van der Waals surface area contributed by atoms with Crippen molar-refractivity contribution in [1.29, 1.82) is 0 Å². The first-order valence-electron chi connectivity index (χ1n) is 13.1. The van der Waals surface area contributed by atoms with Gasteiger partial charge in [-0.1, -0.05) is 27.7 Å². The van der Waals surface area contributed by atoms with Gasteiger partial charge in [0, 0.05) is 18.2 Å². The summed E-state index contributed by atoms with van der Waals surface area (Å²) in [6.45, 7) is 12.1. The van der Waals surface area contributed by atoms with E-state index in [1.165, 1.54) is 0 Å². The van der Waals surface area contributed by atoms with Crippen LogP contribution in [-0.2, 0) is 4.79 Å². The predicted octanol–water partition coefficient (Wildman–Crippen LogP) is 3.61. The van der Waals surface area contributed by atoms with Gasteiger partial charge in [-0.2, -0.15) is 5.10 Å². The van der Waals surface area contributed by atoms with Gasteiger partial charge in [0.15, 0.2) is 0 Å². The Labute approximate surface area is 208 Å². The van der Waals surface area contributed by atoms with Crippen molar-refractivity contribution >= 4 is 18.0 Å². The Morgan fingerprint density at radius 2 is 1.89 bits per heavy atom. The minimum Gasteiger partial charge on any atom is -0.477 e. The minimum absolute atomic E-state index is 0.0308. The van der Waals surface area contributed by atoms with Gasteiger partial charge in [-0.15, -0.1) is 0 Å². The highest BCUT2D eigenvalue weighted by atomic mass is 16.5. The smallest absolute Gasteiger partial charge is 0.258 e. The second kappa shape index (κ2) is 9.60. The van der Waals surface area contributed by atoms with E-state index in [1.54, 1.807) is 17.1 Å². The van der Waals surface area contributed by atoms with Crippen molar-refractivity contribution in [2.75, 3.05) is 6.61 Å². The van der Waals surface area contributed by atoms with Crippen LogP contribution in [0.1, 0.15) is 84.0 Å². The van der Waals surface area contributed by atoms with Gasteiger partial charge in [0.05, 0.1) is 23.9 Å². The second-order valence-electron chi connectivity index (χ2n) is 12.4. The molecular formula is C27H42N4O4. The van der Waals surface area contributed by atoms with Crippen LogP contribution in [0.5, 0.6) is 5.88 Å². The summed E-state index contributed by atoms with van der Waals surface area (Å²) in [4.78, 5) is 25.6. The Bertz CT molecular complexity index is 964. The summed E-state index contributed by atoms with van der Waals surface area (Å²) in [6, 6.07) is 0.0846. The minimum atomic E-state index is -0.592. The molecule has 1 heterocycles. The maximum Gasteiger partial charge on any atom is 0.258 e. The van der Waals surface area contributed by atoms with E-state index in [9.17, 15) is 14.7 Å². The second-order valence-corrected chi connectivity index (χ2v) is 12.4. The van der Waals surface area contributed by atoms with Gasteiger partial charge in [-0.05, 0) is 75.7 Å². The monoisotopic (exact) mass is 486 g/mol. The first-order chi connectivity index (χ1) is 16.4. The van der Waals surface area contributed by atoms with E-state index < -0.39 is 11.1 Å². The molecular weight excluding hydrogens is 444 g/mol. The molecule has 0 aromatic carbocycles. The van der Waals surface area contributed by atoms with Gasteiger partial charge < -0.3 is 20.5 Å². The molecule has 0 saturated heterocycles. The molecule has 2 amide bonds. The van der Waals surface area contributed by atoms with Gasteiger partial charge in [0.1, 0.15) is 5.56 Å². The Morgan fingerprint density at radius 1 is 1.23 bits per heavy atom. The molecule has 4 fully saturated rings. The molecule has 5 rings (SSSR count). The summed E-state index contributed by atoms with van der Waals surface area (Å²) in [5.41, 5.74) is -0.713. The maximum atomic E-state index is 13.4. The van der Waals surface area contributed by atoms with Crippen molar-refractivity contribution in [2.45, 2.75) is 90.8 Å². The molecule has 4 saturated carbocycles. The van der Waals surface area contributed by atoms with E-state index in [1.807, 2.05) is 33.8 Å². The zero-order chi connectivity index (χ0) is 25.5. The summed E-state index contributed by atoms with van der Waals surface area (Å²) < 4.78 is 7.63. The van der Waals surface area contributed by atoms with Crippen molar-refractivity contribution in [3.8, 4) is 5.88 Å². The van der Waals surface area contributed by atoms with Crippen LogP contribution in [-0.4, -0.2) is 50.5 Å². The van der Waals surface area contributed by atoms with Crippen molar-refractivity contribution < 1.29 is 19.4 Å². The molecule has 0 aliphatic heterocycles. The summed E-state index contributed by atoms with van der Waals surface area (Å²) in [7, 11) is 0. The van der Waals surface area contributed by atoms with Gasteiger partial charge in [-0.25, -0.2) is 4.68 Å². The third kappa shape index (κ3) is 5.74. The number of ether oxygens (including phenoxy) is 1.